The maximum absolute atomic E-state index is 12.2. The predicted octanol–water partition coefficient (Wildman–Crippen LogP) is 0.195. The molecule has 1 aromatic heterocycles. The quantitative estimate of drug-likeness (QED) is 0.816. The molecule has 1 aromatic rings. The number of hydrogen-bond donors (Lipinski definition) is 2. The SMILES string of the molecule is CC(Nc1ncc(N)cc1C#N)C(=O)N1CCOCC1. The third-order valence-corrected chi connectivity index (χ3v) is 3.08. The minimum absolute atomic E-state index is 0.0317. The predicted molar refractivity (Wildman–Crippen MR) is 73.8 cm³/mol. The van der Waals surface area contributed by atoms with E-state index in [0.717, 1.165) is 0 Å². The Morgan fingerprint density at radius 2 is 2.30 bits per heavy atom. The number of aromatic nitrogens is 1. The van der Waals surface area contributed by atoms with Crippen molar-refractivity contribution >= 4 is 17.4 Å². The van der Waals surface area contributed by atoms with Crippen molar-refractivity contribution in [3.63, 3.8) is 0 Å². The summed E-state index contributed by atoms with van der Waals surface area (Å²) in [5.41, 5.74) is 6.32. The standard InChI is InChI=1S/C13H17N5O2/c1-9(13(19)18-2-4-20-5-3-18)17-12-10(7-14)6-11(15)8-16-12/h6,8-9H,2-5,15H2,1H3,(H,16,17). The van der Waals surface area contributed by atoms with Crippen LogP contribution >= 0.6 is 0 Å². The number of nitrogen functional groups attached to an aromatic ring is 1. The molecule has 0 aromatic carbocycles. The molecule has 1 amide bonds. The van der Waals surface area contributed by atoms with Crippen molar-refractivity contribution in [2.45, 2.75) is 13.0 Å². The van der Waals surface area contributed by atoms with E-state index in [2.05, 4.69) is 10.3 Å². The van der Waals surface area contributed by atoms with Crippen LogP contribution in [0.15, 0.2) is 12.3 Å². The highest BCUT2D eigenvalue weighted by molar-refractivity contribution is 5.84. The molecule has 1 fully saturated rings. The summed E-state index contributed by atoms with van der Waals surface area (Å²) in [6, 6.07) is 3.08. The van der Waals surface area contributed by atoms with Crippen LogP contribution in [0.5, 0.6) is 0 Å². The zero-order chi connectivity index (χ0) is 14.5. The molecule has 3 N–H and O–H groups in total. The Morgan fingerprint density at radius 3 is 2.95 bits per heavy atom. The van der Waals surface area contributed by atoms with E-state index in [9.17, 15) is 4.79 Å². The number of nitrogens with zero attached hydrogens (tertiary/aromatic N) is 3. The summed E-state index contributed by atoms with van der Waals surface area (Å²) in [6.45, 7) is 4.04. The smallest absolute Gasteiger partial charge is 0.244 e. The lowest BCUT2D eigenvalue weighted by molar-refractivity contribution is -0.135. The van der Waals surface area contributed by atoms with Crippen LogP contribution in [0, 0.1) is 11.3 Å². The molecule has 7 heteroatoms. The molecule has 0 bridgehead atoms. The lowest BCUT2D eigenvalue weighted by atomic mass is 10.2. The van der Waals surface area contributed by atoms with Crippen molar-refractivity contribution in [3.8, 4) is 6.07 Å². The third kappa shape index (κ3) is 3.16. The van der Waals surface area contributed by atoms with Gasteiger partial charge in [0.2, 0.25) is 5.91 Å². The summed E-state index contributed by atoms with van der Waals surface area (Å²) in [5.74, 6) is 0.339. The fourth-order valence-corrected chi connectivity index (χ4v) is 2.01. The van der Waals surface area contributed by atoms with Crippen LogP contribution in [0.1, 0.15) is 12.5 Å². The van der Waals surface area contributed by atoms with Crippen LogP contribution in [-0.2, 0) is 9.53 Å². The molecule has 1 unspecified atom stereocenters. The van der Waals surface area contributed by atoms with Gasteiger partial charge in [-0.15, -0.1) is 0 Å². The summed E-state index contributed by atoms with van der Waals surface area (Å²) >= 11 is 0. The lowest BCUT2D eigenvalue weighted by Gasteiger charge is -2.29. The molecule has 7 nitrogen and oxygen atoms in total. The molecule has 1 aliphatic rings. The summed E-state index contributed by atoms with van der Waals surface area (Å²) < 4.78 is 5.21. The first-order chi connectivity index (χ1) is 9.61. The number of ether oxygens (including phenoxy) is 1. The number of nitrogens with two attached hydrogens (primary N) is 1. The van der Waals surface area contributed by atoms with E-state index in [0.29, 0.717) is 43.4 Å². The van der Waals surface area contributed by atoms with E-state index in [1.807, 2.05) is 6.07 Å². The highest BCUT2D eigenvalue weighted by atomic mass is 16.5. The van der Waals surface area contributed by atoms with Crippen molar-refractivity contribution in [2.24, 2.45) is 0 Å². The highest BCUT2D eigenvalue weighted by Crippen LogP contribution is 2.16. The van der Waals surface area contributed by atoms with Gasteiger partial charge in [-0.25, -0.2) is 4.98 Å². The molecule has 1 atom stereocenters. The first-order valence-corrected chi connectivity index (χ1v) is 6.40. The number of nitrogens with one attached hydrogen (secondary N) is 1. The lowest BCUT2D eigenvalue weighted by Crippen LogP contribution is -2.47. The van der Waals surface area contributed by atoms with Gasteiger partial charge in [-0.1, -0.05) is 0 Å². The van der Waals surface area contributed by atoms with E-state index in [1.165, 1.54) is 12.3 Å². The summed E-state index contributed by atoms with van der Waals surface area (Å²) in [7, 11) is 0. The number of pyridine rings is 1. The van der Waals surface area contributed by atoms with Gasteiger partial charge in [0.15, 0.2) is 0 Å². The average molecular weight is 275 g/mol. The van der Waals surface area contributed by atoms with Crippen molar-refractivity contribution in [1.29, 1.82) is 5.26 Å². The third-order valence-electron chi connectivity index (χ3n) is 3.08. The largest absolute Gasteiger partial charge is 0.397 e. The molecule has 1 aliphatic heterocycles. The maximum Gasteiger partial charge on any atom is 0.244 e. The van der Waals surface area contributed by atoms with Crippen LogP contribution in [0.2, 0.25) is 0 Å². The fraction of sp³-hybridized carbons (Fsp3) is 0.462. The van der Waals surface area contributed by atoms with Crippen LogP contribution in [0.3, 0.4) is 0 Å². The van der Waals surface area contributed by atoms with E-state index >= 15 is 0 Å². The van der Waals surface area contributed by atoms with Crippen LogP contribution in [-0.4, -0.2) is 48.1 Å². The Balaban J connectivity index is 2.05. The van der Waals surface area contributed by atoms with Gasteiger partial charge in [-0.3, -0.25) is 4.79 Å². The molecule has 106 valence electrons. The summed E-state index contributed by atoms with van der Waals surface area (Å²) in [6.07, 6.45) is 1.45. The minimum Gasteiger partial charge on any atom is -0.397 e. The normalized spacial score (nSPS) is 16.3. The fourth-order valence-electron chi connectivity index (χ4n) is 2.01. The second kappa shape index (κ2) is 6.21. The Kier molecular flexibility index (Phi) is 4.38. The zero-order valence-electron chi connectivity index (χ0n) is 11.3. The monoisotopic (exact) mass is 275 g/mol. The van der Waals surface area contributed by atoms with Gasteiger partial charge in [-0.05, 0) is 13.0 Å². The van der Waals surface area contributed by atoms with Gasteiger partial charge < -0.3 is 20.7 Å². The van der Waals surface area contributed by atoms with Crippen LogP contribution < -0.4 is 11.1 Å². The van der Waals surface area contributed by atoms with Crippen LogP contribution in [0.25, 0.3) is 0 Å². The molecule has 0 aliphatic carbocycles. The highest BCUT2D eigenvalue weighted by Gasteiger charge is 2.23. The maximum atomic E-state index is 12.2. The second-order valence-corrected chi connectivity index (χ2v) is 4.58. The Hall–Kier alpha value is -2.33. The molecule has 0 saturated carbocycles. The van der Waals surface area contributed by atoms with Gasteiger partial charge in [0, 0.05) is 13.1 Å². The average Bonchev–Trinajstić information content (AvgIpc) is 2.49. The van der Waals surface area contributed by atoms with E-state index in [-0.39, 0.29) is 5.91 Å². The van der Waals surface area contributed by atoms with Gasteiger partial charge in [0.25, 0.3) is 0 Å². The number of amides is 1. The first kappa shape index (κ1) is 14.1. The van der Waals surface area contributed by atoms with Gasteiger partial charge in [-0.2, -0.15) is 5.26 Å². The van der Waals surface area contributed by atoms with Gasteiger partial charge in [0.05, 0.1) is 30.7 Å². The molecular weight excluding hydrogens is 258 g/mol. The Bertz CT molecular complexity index is 534. The summed E-state index contributed by atoms with van der Waals surface area (Å²) in [4.78, 5) is 18.0. The molecule has 0 radical (unpaired) electrons. The molecule has 2 rings (SSSR count). The zero-order valence-corrected chi connectivity index (χ0v) is 11.3. The Labute approximate surface area is 117 Å². The number of hydrogen-bond acceptors (Lipinski definition) is 6. The molecule has 1 saturated heterocycles. The van der Waals surface area contributed by atoms with Crippen molar-refractivity contribution < 1.29 is 9.53 Å². The molecular formula is C13H17N5O2. The van der Waals surface area contributed by atoms with Crippen molar-refractivity contribution in [1.82, 2.24) is 9.88 Å². The van der Waals surface area contributed by atoms with Crippen molar-refractivity contribution in [3.05, 3.63) is 17.8 Å². The molecule has 20 heavy (non-hydrogen) atoms. The first-order valence-electron chi connectivity index (χ1n) is 6.40. The van der Waals surface area contributed by atoms with E-state index in [1.54, 1.807) is 11.8 Å². The van der Waals surface area contributed by atoms with E-state index in [4.69, 9.17) is 15.7 Å². The topological polar surface area (TPSA) is 104 Å². The minimum atomic E-state index is -0.462. The number of rotatable bonds is 3. The van der Waals surface area contributed by atoms with E-state index < -0.39 is 6.04 Å². The van der Waals surface area contributed by atoms with Gasteiger partial charge >= 0.3 is 0 Å². The van der Waals surface area contributed by atoms with Crippen molar-refractivity contribution in [2.75, 3.05) is 37.4 Å². The number of nitriles is 1. The number of carbonyl (C=O) groups is 1. The summed E-state index contributed by atoms with van der Waals surface area (Å²) in [5, 5.41) is 12.0. The number of morpholine rings is 1. The second-order valence-electron chi connectivity index (χ2n) is 4.58. The van der Waals surface area contributed by atoms with Crippen LogP contribution in [0.4, 0.5) is 11.5 Å². The molecule has 0 spiro atoms. The number of anilines is 2. The Morgan fingerprint density at radius 1 is 1.60 bits per heavy atom. The number of carbonyl (C=O) groups excluding carboxylic acids is 1. The molecule has 2 heterocycles. The van der Waals surface area contributed by atoms with Gasteiger partial charge in [0.1, 0.15) is 17.9 Å².